The zero-order valence-electron chi connectivity index (χ0n) is 11.7. The average Bonchev–Trinajstić information content (AvgIpc) is 2.34. The normalized spacial score (nSPS) is 12.0. The van der Waals surface area contributed by atoms with E-state index in [1.165, 1.54) is 0 Å². The van der Waals surface area contributed by atoms with Crippen LogP contribution in [0.3, 0.4) is 0 Å². The van der Waals surface area contributed by atoms with Crippen LogP contribution in [0.15, 0.2) is 24.3 Å². The van der Waals surface area contributed by atoms with E-state index in [1.807, 2.05) is 24.3 Å². The summed E-state index contributed by atoms with van der Waals surface area (Å²) in [6.07, 6.45) is 1.91. The van der Waals surface area contributed by atoms with E-state index in [4.69, 9.17) is 5.73 Å². The number of hydrogen-bond donors (Lipinski definition) is 2. The van der Waals surface area contributed by atoms with Gasteiger partial charge in [-0.15, -0.1) is 0 Å². The molecule has 0 spiro atoms. The number of nitrogens with one attached hydrogen (secondary N) is 1. The van der Waals surface area contributed by atoms with E-state index in [2.05, 4.69) is 18.6 Å². The number of sulfonamides is 1. The molecule has 0 saturated heterocycles. The Morgan fingerprint density at radius 1 is 1.26 bits per heavy atom. The molecule has 3 N–H and O–H groups in total. The summed E-state index contributed by atoms with van der Waals surface area (Å²) < 4.78 is 26.4. The molecule has 108 valence electrons. The minimum Gasteiger partial charge on any atom is -0.326 e. The van der Waals surface area contributed by atoms with Crippen LogP contribution in [0, 0.1) is 5.92 Å². The number of benzene rings is 1. The fourth-order valence-electron chi connectivity index (χ4n) is 1.85. The van der Waals surface area contributed by atoms with Crippen molar-refractivity contribution >= 4 is 10.0 Å². The minimum atomic E-state index is -3.25. The topological polar surface area (TPSA) is 72.2 Å². The van der Waals surface area contributed by atoms with Gasteiger partial charge < -0.3 is 5.73 Å². The van der Waals surface area contributed by atoms with E-state index in [9.17, 15) is 8.42 Å². The summed E-state index contributed by atoms with van der Waals surface area (Å²) in [6, 6.07) is 7.39. The van der Waals surface area contributed by atoms with Gasteiger partial charge in [-0.3, -0.25) is 0 Å². The standard InChI is InChI=1S/C14H24N2O2S/c1-12(2)5-4-8-16-19(17,18)11-14-7-3-6-13(9-14)10-15/h3,6-7,9,12,16H,4-5,8,10-11,15H2,1-2H3. The van der Waals surface area contributed by atoms with Gasteiger partial charge in [0.1, 0.15) is 0 Å². The fourth-order valence-corrected chi connectivity index (χ4v) is 3.03. The molecular formula is C14H24N2O2S. The molecule has 1 aromatic carbocycles. The lowest BCUT2D eigenvalue weighted by Gasteiger charge is -2.08. The van der Waals surface area contributed by atoms with Crippen molar-refractivity contribution in [3.63, 3.8) is 0 Å². The number of hydrogen-bond acceptors (Lipinski definition) is 3. The average molecular weight is 284 g/mol. The van der Waals surface area contributed by atoms with Crippen LogP contribution in [0.4, 0.5) is 0 Å². The summed E-state index contributed by atoms with van der Waals surface area (Å²) in [4.78, 5) is 0. The Labute approximate surface area is 116 Å². The van der Waals surface area contributed by atoms with E-state index < -0.39 is 10.0 Å². The summed E-state index contributed by atoms with van der Waals surface area (Å²) >= 11 is 0. The quantitative estimate of drug-likeness (QED) is 0.717. The highest BCUT2D eigenvalue weighted by Crippen LogP contribution is 2.09. The third kappa shape index (κ3) is 6.71. The molecular weight excluding hydrogens is 260 g/mol. The Morgan fingerprint density at radius 2 is 1.95 bits per heavy atom. The first-order chi connectivity index (χ1) is 8.93. The maximum atomic E-state index is 11.9. The molecule has 4 nitrogen and oxygen atoms in total. The molecule has 0 aromatic heterocycles. The molecule has 0 atom stereocenters. The third-order valence-corrected chi connectivity index (χ3v) is 4.22. The Kier molecular flexibility index (Phi) is 6.48. The summed E-state index contributed by atoms with van der Waals surface area (Å²) in [7, 11) is -3.25. The van der Waals surface area contributed by atoms with Gasteiger partial charge in [0.25, 0.3) is 0 Å². The minimum absolute atomic E-state index is 0.0164. The van der Waals surface area contributed by atoms with Crippen LogP contribution in [-0.4, -0.2) is 15.0 Å². The lowest BCUT2D eigenvalue weighted by atomic mass is 10.1. The van der Waals surface area contributed by atoms with Crippen LogP contribution < -0.4 is 10.5 Å². The van der Waals surface area contributed by atoms with Gasteiger partial charge in [-0.25, -0.2) is 13.1 Å². The lowest BCUT2D eigenvalue weighted by molar-refractivity contribution is 0.539. The molecule has 0 aliphatic carbocycles. The van der Waals surface area contributed by atoms with Gasteiger partial charge in [-0.05, 0) is 29.9 Å². The molecule has 0 unspecified atom stereocenters. The smallest absolute Gasteiger partial charge is 0.215 e. The third-order valence-electron chi connectivity index (χ3n) is 2.86. The van der Waals surface area contributed by atoms with E-state index in [1.54, 1.807) is 0 Å². The van der Waals surface area contributed by atoms with Gasteiger partial charge in [0.2, 0.25) is 10.0 Å². The molecule has 0 amide bonds. The zero-order chi connectivity index (χ0) is 14.3. The molecule has 5 heteroatoms. The van der Waals surface area contributed by atoms with Crippen molar-refractivity contribution in [2.45, 2.75) is 39.0 Å². The Balaban J connectivity index is 2.49. The molecule has 0 aliphatic rings. The predicted octanol–water partition coefficient (Wildman–Crippen LogP) is 2.00. The van der Waals surface area contributed by atoms with Crippen molar-refractivity contribution in [3.8, 4) is 0 Å². The second-order valence-electron chi connectivity index (χ2n) is 5.21. The Hall–Kier alpha value is -0.910. The predicted molar refractivity (Wildman–Crippen MR) is 79.0 cm³/mol. The molecule has 1 aromatic rings. The van der Waals surface area contributed by atoms with Gasteiger partial charge in [0.15, 0.2) is 0 Å². The van der Waals surface area contributed by atoms with Crippen molar-refractivity contribution in [2.75, 3.05) is 6.54 Å². The number of nitrogens with two attached hydrogens (primary N) is 1. The van der Waals surface area contributed by atoms with Crippen molar-refractivity contribution in [1.82, 2.24) is 4.72 Å². The highest BCUT2D eigenvalue weighted by atomic mass is 32.2. The van der Waals surface area contributed by atoms with Gasteiger partial charge in [0, 0.05) is 13.1 Å². The van der Waals surface area contributed by atoms with E-state index >= 15 is 0 Å². The summed E-state index contributed by atoms with van der Waals surface area (Å²) in [6.45, 7) is 5.20. The molecule has 0 saturated carbocycles. The van der Waals surface area contributed by atoms with E-state index in [0.29, 0.717) is 19.0 Å². The summed E-state index contributed by atoms with van der Waals surface area (Å²) in [5.74, 6) is 0.619. The van der Waals surface area contributed by atoms with Crippen LogP contribution in [0.2, 0.25) is 0 Å². The van der Waals surface area contributed by atoms with Crippen molar-refractivity contribution in [2.24, 2.45) is 11.7 Å². The van der Waals surface area contributed by atoms with Crippen LogP contribution in [0.1, 0.15) is 37.8 Å². The van der Waals surface area contributed by atoms with Gasteiger partial charge in [-0.2, -0.15) is 0 Å². The summed E-state index contributed by atoms with van der Waals surface area (Å²) in [5.41, 5.74) is 7.27. The maximum Gasteiger partial charge on any atom is 0.215 e. The van der Waals surface area contributed by atoms with Crippen molar-refractivity contribution in [3.05, 3.63) is 35.4 Å². The van der Waals surface area contributed by atoms with Crippen LogP contribution in [-0.2, 0) is 22.3 Å². The first-order valence-corrected chi connectivity index (χ1v) is 8.33. The van der Waals surface area contributed by atoms with Crippen molar-refractivity contribution in [1.29, 1.82) is 0 Å². The molecule has 19 heavy (non-hydrogen) atoms. The van der Waals surface area contributed by atoms with Gasteiger partial charge in [0.05, 0.1) is 5.75 Å². The second kappa shape index (κ2) is 7.62. The first-order valence-electron chi connectivity index (χ1n) is 6.68. The van der Waals surface area contributed by atoms with E-state index in [-0.39, 0.29) is 5.75 Å². The monoisotopic (exact) mass is 284 g/mol. The van der Waals surface area contributed by atoms with E-state index in [0.717, 1.165) is 24.0 Å². The van der Waals surface area contributed by atoms with Crippen LogP contribution in [0.5, 0.6) is 0 Å². The lowest BCUT2D eigenvalue weighted by Crippen LogP contribution is -2.26. The molecule has 0 bridgehead atoms. The SMILES string of the molecule is CC(C)CCCNS(=O)(=O)Cc1cccc(CN)c1. The fraction of sp³-hybridized carbons (Fsp3) is 0.571. The number of rotatable bonds is 8. The maximum absolute atomic E-state index is 11.9. The molecule has 0 heterocycles. The van der Waals surface area contributed by atoms with Crippen molar-refractivity contribution < 1.29 is 8.42 Å². The zero-order valence-corrected chi connectivity index (χ0v) is 12.5. The Bertz CT molecular complexity index is 484. The largest absolute Gasteiger partial charge is 0.326 e. The summed E-state index contributed by atoms with van der Waals surface area (Å²) in [5, 5.41) is 0. The molecule has 0 radical (unpaired) electrons. The molecule has 1 rings (SSSR count). The van der Waals surface area contributed by atoms with Crippen LogP contribution >= 0.6 is 0 Å². The van der Waals surface area contributed by atoms with Gasteiger partial charge in [-0.1, -0.05) is 38.1 Å². The van der Waals surface area contributed by atoms with Gasteiger partial charge >= 0.3 is 0 Å². The highest BCUT2D eigenvalue weighted by Gasteiger charge is 2.11. The molecule has 0 aliphatic heterocycles. The highest BCUT2D eigenvalue weighted by molar-refractivity contribution is 7.88. The Morgan fingerprint density at radius 3 is 2.58 bits per heavy atom. The molecule has 0 fully saturated rings. The first kappa shape index (κ1) is 16.1. The van der Waals surface area contributed by atoms with Crippen LogP contribution in [0.25, 0.3) is 0 Å². The second-order valence-corrected chi connectivity index (χ2v) is 7.02.